The lowest BCUT2D eigenvalue weighted by Crippen LogP contribution is -2.18. The highest BCUT2D eigenvalue weighted by molar-refractivity contribution is 7.47. The van der Waals surface area contributed by atoms with Crippen LogP contribution in [0.25, 0.3) is 0 Å². The molecule has 0 rings (SSSR count). The van der Waals surface area contributed by atoms with Crippen LogP contribution >= 0.6 is 17.1 Å². The summed E-state index contributed by atoms with van der Waals surface area (Å²) in [6, 6.07) is 0. The molecule has 0 fully saturated rings. The molecular formula is C25H56O4P2. The summed E-state index contributed by atoms with van der Waals surface area (Å²) in [6.45, 7) is 11.8. The third-order valence-electron chi connectivity index (χ3n) is 5.70. The first-order valence-electron chi connectivity index (χ1n) is 13.2. The molecule has 0 bridgehead atoms. The average Bonchev–Trinajstić information content (AvgIpc) is 2.73. The Balaban J connectivity index is 0. The second-order valence-corrected chi connectivity index (χ2v) is 11.6. The average molecular weight is 483 g/mol. The van der Waals surface area contributed by atoms with Gasteiger partial charge in [0.2, 0.25) is 0 Å². The Morgan fingerprint density at radius 3 is 1.32 bits per heavy atom. The zero-order valence-electron chi connectivity index (χ0n) is 21.6. The zero-order chi connectivity index (χ0) is 23.8. The van der Waals surface area contributed by atoms with Gasteiger partial charge in [-0.3, -0.25) is 9.05 Å². The van der Waals surface area contributed by atoms with E-state index in [1.54, 1.807) is 0 Å². The molecule has 0 amide bonds. The molecule has 190 valence electrons. The number of phosphoric ester groups is 1. The fourth-order valence-corrected chi connectivity index (χ4v) is 5.01. The molecule has 0 saturated heterocycles. The van der Waals surface area contributed by atoms with Crippen LogP contribution in [0.5, 0.6) is 0 Å². The Hall–Kier alpha value is 0.540. The first kappa shape index (κ1) is 33.7. The van der Waals surface area contributed by atoms with E-state index >= 15 is 0 Å². The van der Waals surface area contributed by atoms with Gasteiger partial charge < -0.3 is 4.89 Å². The standard InChI is InChI=1S/C16H35O4P.C9H21P/c1-3-5-7-9-11-13-15-19-21(17,18)20-16-14-12-10-8-6-4-2;1-4-7-9(10,6-3)8-5-2/h3-16H2,1-2H3,(H,17,18);4-8,10H2,1-3H3. The van der Waals surface area contributed by atoms with E-state index in [2.05, 4.69) is 43.9 Å². The molecule has 0 aliphatic heterocycles. The lowest BCUT2D eigenvalue weighted by molar-refractivity contribution is 0.145. The fraction of sp³-hybridized carbons (Fsp3) is 1.00. The van der Waals surface area contributed by atoms with E-state index in [9.17, 15) is 9.46 Å². The van der Waals surface area contributed by atoms with Gasteiger partial charge in [-0.1, -0.05) is 112 Å². The molecule has 0 aromatic carbocycles. The molecule has 6 heteroatoms. The van der Waals surface area contributed by atoms with E-state index in [1.807, 2.05) is 0 Å². The van der Waals surface area contributed by atoms with Crippen molar-refractivity contribution in [3.8, 4) is 0 Å². The van der Waals surface area contributed by atoms with E-state index < -0.39 is 7.82 Å². The second kappa shape index (κ2) is 23.7. The monoisotopic (exact) mass is 482 g/mol. The maximum atomic E-state index is 11.6. The van der Waals surface area contributed by atoms with Crippen LogP contribution < -0.4 is 0 Å². The van der Waals surface area contributed by atoms with E-state index in [0.717, 1.165) is 25.7 Å². The largest absolute Gasteiger partial charge is 0.472 e. The van der Waals surface area contributed by atoms with Crippen LogP contribution in [-0.2, 0) is 13.6 Å². The van der Waals surface area contributed by atoms with Gasteiger partial charge in [-0.15, -0.1) is 9.24 Å². The highest BCUT2D eigenvalue weighted by atomic mass is 31.2. The molecule has 0 spiro atoms. The van der Waals surface area contributed by atoms with Gasteiger partial charge in [0, 0.05) is 0 Å². The Labute approximate surface area is 197 Å². The lowest BCUT2D eigenvalue weighted by Gasteiger charge is -2.26. The molecule has 1 N–H and O–H groups in total. The van der Waals surface area contributed by atoms with E-state index in [4.69, 9.17) is 9.05 Å². The summed E-state index contributed by atoms with van der Waals surface area (Å²) in [5, 5.41) is 0.559. The van der Waals surface area contributed by atoms with Crippen LogP contribution in [0, 0.1) is 0 Å². The number of hydrogen-bond acceptors (Lipinski definition) is 3. The number of rotatable bonds is 21. The molecule has 0 heterocycles. The van der Waals surface area contributed by atoms with Crippen LogP contribution in [-0.4, -0.2) is 23.3 Å². The van der Waals surface area contributed by atoms with Crippen molar-refractivity contribution in [1.29, 1.82) is 0 Å². The predicted octanol–water partition coefficient (Wildman–Crippen LogP) is 9.45. The Morgan fingerprint density at radius 1 is 0.645 bits per heavy atom. The molecule has 0 aromatic heterocycles. The van der Waals surface area contributed by atoms with Gasteiger partial charge in [0.25, 0.3) is 0 Å². The summed E-state index contributed by atoms with van der Waals surface area (Å²) in [6.07, 6.45) is 20.2. The lowest BCUT2D eigenvalue weighted by atomic mass is 9.94. The van der Waals surface area contributed by atoms with Crippen LogP contribution in [0.3, 0.4) is 0 Å². The fourth-order valence-electron chi connectivity index (χ4n) is 3.64. The van der Waals surface area contributed by atoms with Gasteiger partial charge in [0.1, 0.15) is 0 Å². The molecule has 4 nitrogen and oxygen atoms in total. The van der Waals surface area contributed by atoms with Crippen molar-refractivity contribution in [3.05, 3.63) is 0 Å². The van der Waals surface area contributed by atoms with Gasteiger partial charge >= 0.3 is 7.82 Å². The molecular weight excluding hydrogens is 426 g/mol. The van der Waals surface area contributed by atoms with Crippen molar-refractivity contribution in [2.45, 2.75) is 149 Å². The maximum absolute atomic E-state index is 11.6. The summed E-state index contributed by atoms with van der Waals surface area (Å²) < 4.78 is 21.5. The molecule has 31 heavy (non-hydrogen) atoms. The zero-order valence-corrected chi connectivity index (χ0v) is 23.7. The van der Waals surface area contributed by atoms with Gasteiger partial charge in [-0.2, -0.15) is 0 Å². The first-order valence-corrected chi connectivity index (χ1v) is 15.3. The summed E-state index contributed by atoms with van der Waals surface area (Å²) in [5.41, 5.74) is 0. The minimum Gasteiger partial charge on any atom is -0.302 e. The molecule has 1 unspecified atom stereocenters. The van der Waals surface area contributed by atoms with Crippen molar-refractivity contribution < 1.29 is 18.5 Å². The topological polar surface area (TPSA) is 55.8 Å². The van der Waals surface area contributed by atoms with Crippen molar-refractivity contribution in [3.63, 3.8) is 0 Å². The molecule has 1 atom stereocenters. The number of hydrogen-bond donors (Lipinski definition) is 1. The van der Waals surface area contributed by atoms with Gasteiger partial charge in [-0.25, -0.2) is 4.57 Å². The predicted molar refractivity (Wildman–Crippen MR) is 141 cm³/mol. The van der Waals surface area contributed by atoms with Crippen LogP contribution in [0.1, 0.15) is 144 Å². The van der Waals surface area contributed by atoms with Crippen molar-refractivity contribution >= 4 is 17.1 Å². The number of phosphoric acid groups is 1. The van der Waals surface area contributed by atoms with Gasteiger partial charge in [-0.05, 0) is 37.3 Å². The third kappa shape index (κ3) is 25.0. The van der Waals surface area contributed by atoms with Crippen molar-refractivity contribution in [2.24, 2.45) is 0 Å². The van der Waals surface area contributed by atoms with Crippen LogP contribution in [0.2, 0.25) is 0 Å². The van der Waals surface area contributed by atoms with Crippen molar-refractivity contribution in [1.82, 2.24) is 0 Å². The summed E-state index contributed by atoms with van der Waals surface area (Å²) in [7, 11) is -0.782. The van der Waals surface area contributed by atoms with E-state index in [0.29, 0.717) is 18.4 Å². The van der Waals surface area contributed by atoms with Gasteiger partial charge in [0.15, 0.2) is 0 Å². The summed E-state index contributed by atoms with van der Waals surface area (Å²) in [4.78, 5) is 9.51. The summed E-state index contributed by atoms with van der Waals surface area (Å²) in [5.74, 6) is 0. The van der Waals surface area contributed by atoms with E-state index in [1.165, 1.54) is 83.5 Å². The Morgan fingerprint density at radius 2 is 1.00 bits per heavy atom. The molecule has 0 aliphatic rings. The SMILES string of the molecule is CCCC(P)(CC)CCC.CCCCCCCCOP(=O)(O)OCCCCCCCC. The van der Waals surface area contributed by atoms with Crippen LogP contribution in [0.15, 0.2) is 0 Å². The van der Waals surface area contributed by atoms with Crippen molar-refractivity contribution in [2.75, 3.05) is 13.2 Å². The van der Waals surface area contributed by atoms with E-state index in [-0.39, 0.29) is 0 Å². The third-order valence-corrected chi connectivity index (χ3v) is 7.71. The normalized spacial score (nSPS) is 12.0. The Bertz CT molecular complexity index is 377. The van der Waals surface area contributed by atoms with Gasteiger partial charge in [0.05, 0.1) is 13.2 Å². The van der Waals surface area contributed by atoms with Crippen LogP contribution in [0.4, 0.5) is 0 Å². The minimum atomic E-state index is -3.82. The molecule has 0 radical (unpaired) electrons. The highest BCUT2D eigenvalue weighted by Gasteiger charge is 2.20. The molecule has 0 aliphatic carbocycles. The smallest absolute Gasteiger partial charge is 0.302 e. The summed E-state index contributed by atoms with van der Waals surface area (Å²) >= 11 is 0. The number of unbranched alkanes of at least 4 members (excludes halogenated alkanes) is 10. The highest BCUT2D eigenvalue weighted by Crippen LogP contribution is 2.43. The minimum absolute atomic E-state index is 0.316. The Kier molecular flexibility index (Phi) is 25.8. The molecule has 0 saturated carbocycles. The second-order valence-electron chi connectivity index (χ2n) is 8.89. The molecule has 0 aromatic rings. The quantitative estimate of drug-likeness (QED) is 0.131. The maximum Gasteiger partial charge on any atom is 0.472 e. The first-order chi connectivity index (χ1) is 14.8.